The van der Waals surface area contributed by atoms with Gasteiger partial charge in [0, 0.05) is 13.0 Å². The molecule has 2 aromatic rings. The monoisotopic (exact) mass is 359 g/mol. The molecular weight excluding hydrogens is 337 g/mol. The van der Waals surface area contributed by atoms with Gasteiger partial charge in [-0.1, -0.05) is 42.5 Å². The van der Waals surface area contributed by atoms with Crippen LogP contribution < -0.4 is 5.32 Å². The molecule has 1 amide bonds. The molecule has 2 rings (SSSR count). The van der Waals surface area contributed by atoms with Gasteiger partial charge < -0.3 is 15.2 Å². The number of rotatable bonds is 9. The van der Waals surface area contributed by atoms with E-state index in [1.807, 2.05) is 30.3 Å². The average Bonchev–Trinajstić information content (AvgIpc) is 2.62. The minimum Gasteiger partial charge on any atom is -0.479 e. The van der Waals surface area contributed by atoms with Crippen LogP contribution in [0.3, 0.4) is 0 Å². The van der Waals surface area contributed by atoms with Crippen LogP contribution in [0.4, 0.5) is 4.39 Å². The number of carbonyl (C=O) groups excluding carboxylic acids is 1. The van der Waals surface area contributed by atoms with Crippen molar-refractivity contribution in [2.75, 3.05) is 6.61 Å². The number of carboxylic acids is 1. The molecule has 0 aliphatic carbocycles. The molecule has 0 saturated carbocycles. The van der Waals surface area contributed by atoms with Gasteiger partial charge in [0.15, 0.2) is 6.04 Å². The highest BCUT2D eigenvalue weighted by atomic mass is 19.1. The number of aryl methyl sites for hydroxylation is 1. The van der Waals surface area contributed by atoms with Crippen LogP contribution in [-0.2, 0) is 20.9 Å². The van der Waals surface area contributed by atoms with E-state index in [-0.39, 0.29) is 12.3 Å². The average molecular weight is 359 g/mol. The lowest BCUT2D eigenvalue weighted by Gasteiger charge is -2.15. The summed E-state index contributed by atoms with van der Waals surface area (Å²) in [6.07, 6.45) is 0.631. The van der Waals surface area contributed by atoms with Gasteiger partial charge in [0.05, 0.1) is 6.61 Å². The summed E-state index contributed by atoms with van der Waals surface area (Å²) in [5.41, 5.74) is 1.72. The fourth-order valence-corrected chi connectivity index (χ4v) is 2.47. The van der Waals surface area contributed by atoms with E-state index in [1.54, 1.807) is 6.92 Å². The molecule has 2 aromatic carbocycles. The first-order chi connectivity index (χ1) is 12.5. The maximum Gasteiger partial charge on any atom is 0.330 e. The third-order valence-electron chi connectivity index (χ3n) is 3.87. The van der Waals surface area contributed by atoms with Crippen molar-refractivity contribution in [2.45, 2.75) is 32.4 Å². The first kappa shape index (κ1) is 19.6. The number of amides is 1. The van der Waals surface area contributed by atoms with Crippen molar-refractivity contribution in [3.63, 3.8) is 0 Å². The molecule has 0 aliphatic heterocycles. The molecule has 138 valence electrons. The van der Waals surface area contributed by atoms with Gasteiger partial charge in [-0.15, -0.1) is 0 Å². The molecule has 6 heteroatoms. The van der Waals surface area contributed by atoms with Gasteiger partial charge in [0.1, 0.15) is 5.82 Å². The topological polar surface area (TPSA) is 75.6 Å². The smallest absolute Gasteiger partial charge is 0.330 e. The van der Waals surface area contributed by atoms with Crippen LogP contribution in [0.2, 0.25) is 0 Å². The summed E-state index contributed by atoms with van der Waals surface area (Å²) in [5.74, 6) is -1.99. The van der Waals surface area contributed by atoms with Crippen LogP contribution in [0.1, 0.15) is 35.6 Å². The Morgan fingerprint density at radius 1 is 1.19 bits per heavy atom. The van der Waals surface area contributed by atoms with Crippen molar-refractivity contribution in [3.8, 4) is 0 Å². The maximum atomic E-state index is 13.3. The summed E-state index contributed by atoms with van der Waals surface area (Å²) >= 11 is 0. The molecule has 0 saturated heterocycles. The fourth-order valence-electron chi connectivity index (χ4n) is 2.47. The summed E-state index contributed by atoms with van der Waals surface area (Å²) in [7, 11) is 0. The molecule has 0 bridgehead atoms. The van der Waals surface area contributed by atoms with Gasteiger partial charge in [-0.25, -0.2) is 9.18 Å². The predicted molar refractivity (Wildman–Crippen MR) is 95.0 cm³/mol. The molecular formula is C20H22FNO4. The summed E-state index contributed by atoms with van der Waals surface area (Å²) in [6.45, 7) is 2.41. The number of nitrogens with one attached hydrogen (secondary N) is 1. The van der Waals surface area contributed by atoms with Crippen LogP contribution in [0, 0.1) is 12.7 Å². The molecule has 2 N–H and O–H groups in total. The number of ether oxygens (including phenoxy) is 1. The van der Waals surface area contributed by atoms with E-state index in [2.05, 4.69) is 5.32 Å². The Balaban J connectivity index is 1.78. The second-order valence-corrected chi connectivity index (χ2v) is 5.99. The van der Waals surface area contributed by atoms with Gasteiger partial charge in [-0.3, -0.25) is 4.79 Å². The van der Waals surface area contributed by atoms with E-state index in [1.165, 1.54) is 18.2 Å². The van der Waals surface area contributed by atoms with E-state index < -0.39 is 17.8 Å². The third-order valence-corrected chi connectivity index (χ3v) is 3.87. The lowest BCUT2D eigenvalue weighted by molar-refractivity contribution is -0.142. The molecule has 5 nitrogen and oxygen atoms in total. The largest absolute Gasteiger partial charge is 0.479 e. The number of halogens is 1. The van der Waals surface area contributed by atoms with Crippen LogP contribution in [-0.4, -0.2) is 23.6 Å². The molecule has 0 fully saturated rings. The molecule has 0 spiro atoms. The predicted octanol–water partition coefficient (Wildman–Crippen LogP) is 3.37. The zero-order chi connectivity index (χ0) is 18.9. The summed E-state index contributed by atoms with van der Waals surface area (Å²) in [5, 5.41) is 11.8. The lowest BCUT2D eigenvalue weighted by Crippen LogP contribution is -2.33. The van der Waals surface area contributed by atoms with Gasteiger partial charge >= 0.3 is 5.97 Å². The standard InChI is InChI=1S/C20H22FNO4/c1-14-12-16(9-10-17(14)21)19(20(24)25)22-18(23)8-5-11-26-13-15-6-3-2-4-7-15/h2-4,6-7,9-10,12,19H,5,8,11,13H2,1H3,(H,22,23)(H,24,25). The minimum atomic E-state index is -1.20. The number of aliphatic carboxylic acids is 1. The maximum absolute atomic E-state index is 13.3. The Hall–Kier alpha value is -2.73. The van der Waals surface area contributed by atoms with Crippen molar-refractivity contribution < 1.29 is 23.8 Å². The van der Waals surface area contributed by atoms with E-state index in [4.69, 9.17) is 4.74 Å². The van der Waals surface area contributed by atoms with Gasteiger partial charge in [0.25, 0.3) is 0 Å². The molecule has 0 heterocycles. The number of hydrogen-bond donors (Lipinski definition) is 2. The number of hydrogen-bond acceptors (Lipinski definition) is 3. The Bertz CT molecular complexity index is 749. The Morgan fingerprint density at radius 3 is 2.58 bits per heavy atom. The van der Waals surface area contributed by atoms with Crippen LogP contribution in [0.5, 0.6) is 0 Å². The quantitative estimate of drug-likeness (QED) is 0.673. The van der Waals surface area contributed by atoms with Crippen molar-refractivity contribution in [1.29, 1.82) is 0 Å². The summed E-state index contributed by atoms with van der Waals surface area (Å²) in [6, 6.07) is 12.5. The minimum absolute atomic E-state index is 0.152. The highest BCUT2D eigenvalue weighted by Gasteiger charge is 2.22. The van der Waals surface area contributed by atoms with Crippen molar-refractivity contribution in [2.24, 2.45) is 0 Å². The number of carbonyl (C=O) groups is 2. The highest BCUT2D eigenvalue weighted by molar-refractivity contribution is 5.84. The van der Waals surface area contributed by atoms with Crippen molar-refractivity contribution in [3.05, 3.63) is 71.0 Å². The molecule has 0 aromatic heterocycles. The van der Waals surface area contributed by atoms with Crippen LogP contribution >= 0.6 is 0 Å². The van der Waals surface area contributed by atoms with E-state index >= 15 is 0 Å². The Morgan fingerprint density at radius 2 is 1.92 bits per heavy atom. The van der Waals surface area contributed by atoms with Gasteiger partial charge in [-0.05, 0) is 36.1 Å². The second-order valence-electron chi connectivity index (χ2n) is 5.99. The van der Waals surface area contributed by atoms with E-state index in [0.29, 0.717) is 30.8 Å². The Labute approximate surface area is 151 Å². The molecule has 1 unspecified atom stereocenters. The zero-order valence-electron chi connectivity index (χ0n) is 14.6. The first-order valence-corrected chi connectivity index (χ1v) is 8.37. The van der Waals surface area contributed by atoms with Crippen LogP contribution in [0.25, 0.3) is 0 Å². The summed E-state index contributed by atoms with van der Waals surface area (Å²) < 4.78 is 18.8. The van der Waals surface area contributed by atoms with E-state index in [0.717, 1.165) is 5.56 Å². The molecule has 1 atom stereocenters. The normalized spacial score (nSPS) is 11.8. The highest BCUT2D eigenvalue weighted by Crippen LogP contribution is 2.17. The second kappa shape index (κ2) is 9.68. The lowest BCUT2D eigenvalue weighted by atomic mass is 10.0. The van der Waals surface area contributed by atoms with Crippen molar-refractivity contribution >= 4 is 11.9 Å². The summed E-state index contributed by atoms with van der Waals surface area (Å²) in [4.78, 5) is 23.4. The molecule has 0 radical (unpaired) electrons. The number of benzene rings is 2. The van der Waals surface area contributed by atoms with Crippen molar-refractivity contribution in [1.82, 2.24) is 5.32 Å². The Kier molecular flexibility index (Phi) is 7.29. The molecule has 0 aliphatic rings. The number of carboxylic acid groups (broad SMARTS) is 1. The van der Waals surface area contributed by atoms with Gasteiger partial charge in [0.2, 0.25) is 5.91 Å². The van der Waals surface area contributed by atoms with Gasteiger partial charge in [-0.2, -0.15) is 0 Å². The zero-order valence-corrected chi connectivity index (χ0v) is 14.6. The first-order valence-electron chi connectivity index (χ1n) is 8.37. The SMILES string of the molecule is Cc1cc(C(NC(=O)CCCOCc2ccccc2)C(=O)O)ccc1F. The van der Waals surface area contributed by atoms with E-state index in [9.17, 15) is 19.1 Å². The third kappa shape index (κ3) is 5.97. The fraction of sp³-hybridized carbons (Fsp3) is 0.300. The molecule has 26 heavy (non-hydrogen) atoms. The van der Waals surface area contributed by atoms with Crippen LogP contribution in [0.15, 0.2) is 48.5 Å².